The Balaban J connectivity index is 1.40. The van der Waals surface area contributed by atoms with E-state index in [0.717, 1.165) is 11.1 Å². The zero-order valence-electron chi connectivity index (χ0n) is 19.9. The van der Waals surface area contributed by atoms with Crippen molar-refractivity contribution >= 4 is 12.0 Å². The summed E-state index contributed by atoms with van der Waals surface area (Å²) < 4.78 is 21.7. The van der Waals surface area contributed by atoms with Crippen LogP contribution in [-0.2, 0) is 29.1 Å². The SMILES string of the molecule is Cc1nccn1-c1ccc(CNC(=O)C(Cc2ccccc2)NC(=O)OCc2ccccc2)cc1F. The number of imidazole rings is 1. The van der Waals surface area contributed by atoms with Crippen LogP contribution < -0.4 is 10.6 Å². The topological polar surface area (TPSA) is 85.3 Å². The average Bonchev–Trinajstić information content (AvgIpc) is 3.32. The number of halogens is 1. The molecule has 2 amide bonds. The molecule has 4 rings (SSSR count). The van der Waals surface area contributed by atoms with E-state index in [4.69, 9.17) is 4.74 Å². The number of hydrogen-bond donors (Lipinski definition) is 2. The van der Waals surface area contributed by atoms with Crippen LogP contribution in [0.4, 0.5) is 9.18 Å². The Morgan fingerprint density at radius 2 is 1.67 bits per heavy atom. The van der Waals surface area contributed by atoms with Gasteiger partial charge in [-0.2, -0.15) is 0 Å². The molecule has 3 aromatic carbocycles. The van der Waals surface area contributed by atoms with E-state index in [1.165, 1.54) is 6.07 Å². The third-order valence-electron chi connectivity index (χ3n) is 5.67. The van der Waals surface area contributed by atoms with Gasteiger partial charge in [0, 0.05) is 25.4 Å². The van der Waals surface area contributed by atoms with E-state index in [9.17, 15) is 14.0 Å². The molecule has 2 N–H and O–H groups in total. The van der Waals surface area contributed by atoms with Gasteiger partial charge in [-0.05, 0) is 35.7 Å². The highest BCUT2D eigenvalue weighted by Gasteiger charge is 2.22. The van der Waals surface area contributed by atoms with Crippen LogP contribution in [-0.4, -0.2) is 27.6 Å². The zero-order chi connectivity index (χ0) is 25.3. The number of aromatic nitrogens is 2. The summed E-state index contributed by atoms with van der Waals surface area (Å²) in [5.74, 6) is -0.152. The number of alkyl carbamates (subject to hydrolysis) is 1. The summed E-state index contributed by atoms with van der Waals surface area (Å²) >= 11 is 0. The normalized spacial score (nSPS) is 11.5. The summed E-state index contributed by atoms with van der Waals surface area (Å²) in [6.45, 7) is 1.98. The fourth-order valence-corrected chi connectivity index (χ4v) is 3.77. The largest absolute Gasteiger partial charge is 0.445 e. The quantitative estimate of drug-likeness (QED) is 0.366. The number of hydrogen-bond acceptors (Lipinski definition) is 4. The van der Waals surface area contributed by atoms with Crippen LogP contribution in [0.25, 0.3) is 5.69 Å². The summed E-state index contributed by atoms with van der Waals surface area (Å²) in [5, 5.41) is 5.46. The second-order valence-corrected chi connectivity index (χ2v) is 8.30. The minimum Gasteiger partial charge on any atom is -0.445 e. The maximum absolute atomic E-state index is 14.7. The number of carbonyl (C=O) groups is 2. The Hall–Kier alpha value is -4.46. The molecule has 1 heterocycles. The van der Waals surface area contributed by atoms with E-state index in [1.54, 1.807) is 36.0 Å². The average molecular weight is 487 g/mol. The van der Waals surface area contributed by atoms with E-state index >= 15 is 0 Å². The van der Waals surface area contributed by atoms with Crippen LogP contribution >= 0.6 is 0 Å². The third-order valence-corrected chi connectivity index (χ3v) is 5.67. The first-order valence-corrected chi connectivity index (χ1v) is 11.6. The molecule has 0 saturated carbocycles. The molecule has 1 unspecified atom stereocenters. The molecule has 0 fully saturated rings. The van der Waals surface area contributed by atoms with Gasteiger partial charge >= 0.3 is 6.09 Å². The Bertz CT molecular complexity index is 1310. The van der Waals surface area contributed by atoms with Crippen molar-refractivity contribution in [2.45, 2.75) is 32.5 Å². The summed E-state index contributed by atoms with van der Waals surface area (Å²) in [4.78, 5) is 29.6. The number of nitrogens with zero attached hydrogens (tertiary/aromatic N) is 2. The molecule has 36 heavy (non-hydrogen) atoms. The van der Waals surface area contributed by atoms with Crippen LogP contribution in [0.15, 0.2) is 91.3 Å². The molecule has 7 nitrogen and oxygen atoms in total. The maximum atomic E-state index is 14.7. The van der Waals surface area contributed by atoms with Gasteiger partial charge in [0.05, 0.1) is 5.69 Å². The van der Waals surface area contributed by atoms with Gasteiger partial charge < -0.3 is 19.9 Å². The van der Waals surface area contributed by atoms with Crippen molar-refractivity contribution in [3.63, 3.8) is 0 Å². The fraction of sp³-hybridized carbons (Fsp3) is 0.179. The third kappa shape index (κ3) is 6.56. The molecular formula is C28H27FN4O3. The van der Waals surface area contributed by atoms with E-state index in [0.29, 0.717) is 17.1 Å². The van der Waals surface area contributed by atoms with E-state index in [-0.39, 0.29) is 19.6 Å². The summed E-state index contributed by atoms with van der Waals surface area (Å²) in [5.41, 5.74) is 2.69. The molecule has 0 aliphatic heterocycles. The van der Waals surface area contributed by atoms with Crippen LogP contribution in [0.2, 0.25) is 0 Å². The highest BCUT2D eigenvalue weighted by molar-refractivity contribution is 5.85. The second-order valence-electron chi connectivity index (χ2n) is 8.30. The lowest BCUT2D eigenvalue weighted by atomic mass is 10.1. The number of benzene rings is 3. The van der Waals surface area contributed by atoms with E-state index in [2.05, 4.69) is 15.6 Å². The van der Waals surface area contributed by atoms with Gasteiger partial charge in [-0.25, -0.2) is 14.2 Å². The lowest BCUT2D eigenvalue weighted by Gasteiger charge is -2.19. The first-order chi connectivity index (χ1) is 17.5. The lowest BCUT2D eigenvalue weighted by Crippen LogP contribution is -2.48. The van der Waals surface area contributed by atoms with Gasteiger partial charge in [-0.3, -0.25) is 4.79 Å². The predicted octanol–water partition coefficient (Wildman–Crippen LogP) is 4.47. The molecule has 0 saturated heterocycles. The fourth-order valence-electron chi connectivity index (χ4n) is 3.77. The first-order valence-electron chi connectivity index (χ1n) is 11.6. The van der Waals surface area contributed by atoms with Gasteiger partial charge in [-0.15, -0.1) is 0 Å². The van der Waals surface area contributed by atoms with Crippen molar-refractivity contribution in [1.82, 2.24) is 20.2 Å². The molecule has 0 spiro atoms. The number of ether oxygens (including phenoxy) is 1. The van der Waals surface area contributed by atoms with Crippen LogP contribution in [0, 0.1) is 12.7 Å². The van der Waals surface area contributed by atoms with Gasteiger partial charge in [0.1, 0.15) is 24.3 Å². The number of rotatable bonds is 9. The maximum Gasteiger partial charge on any atom is 0.408 e. The van der Waals surface area contributed by atoms with E-state index in [1.807, 2.05) is 60.7 Å². The van der Waals surface area contributed by atoms with Crippen molar-refractivity contribution in [3.8, 4) is 5.69 Å². The smallest absolute Gasteiger partial charge is 0.408 e. The standard InChI is InChI=1S/C28H27FN4O3/c1-20-30-14-15-33(20)26-13-12-23(16-24(26)29)18-31-27(34)25(17-21-8-4-2-5-9-21)32-28(35)36-19-22-10-6-3-7-11-22/h2-16,25H,17-19H2,1H3,(H,31,34)(H,32,35). The Morgan fingerprint density at radius 3 is 2.31 bits per heavy atom. The van der Waals surface area contributed by atoms with Crippen molar-refractivity contribution in [3.05, 3.63) is 120 Å². The van der Waals surface area contributed by atoms with Gasteiger partial charge in [0.15, 0.2) is 0 Å². The minimum atomic E-state index is -0.867. The van der Waals surface area contributed by atoms with Crippen LogP contribution in [0.5, 0.6) is 0 Å². The monoisotopic (exact) mass is 486 g/mol. The van der Waals surface area contributed by atoms with Crippen molar-refractivity contribution < 1.29 is 18.7 Å². The Labute approximate surface area is 208 Å². The number of aryl methyl sites for hydroxylation is 1. The van der Waals surface area contributed by atoms with Crippen molar-refractivity contribution in [2.75, 3.05) is 0 Å². The van der Waals surface area contributed by atoms with E-state index < -0.39 is 23.9 Å². The minimum absolute atomic E-state index is 0.0916. The molecule has 0 bridgehead atoms. The number of amides is 2. The molecule has 0 radical (unpaired) electrons. The first kappa shape index (κ1) is 24.7. The van der Waals surface area contributed by atoms with Crippen LogP contribution in [0.1, 0.15) is 22.5 Å². The lowest BCUT2D eigenvalue weighted by molar-refractivity contribution is -0.123. The molecule has 0 aliphatic rings. The molecule has 0 aliphatic carbocycles. The summed E-state index contributed by atoms with van der Waals surface area (Å²) in [6, 6.07) is 22.5. The number of carbonyl (C=O) groups excluding carboxylic acids is 2. The van der Waals surface area contributed by atoms with Crippen molar-refractivity contribution in [2.24, 2.45) is 0 Å². The molecular weight excluding hydrogens is 459 g/mol. The Morgan fingerprint density at radius 1 is 0.972 bits per heavy atom. The molecule has 4 aromatic rings. The Kier molecular flexibility index (Phi) is 8.08. The van der Waals surface area contributed by atoms with Crippen LogP contribution in [0.3, 0.4) is 0 Å². The molecule has 1 atom stereocenters. The predicted molar refractivity (Wildman–Crippen MR) is 134 cm³/mol. The summed E-state index contributed by atoms with van der Waals surface area (Å²) in [6.07, 6.45) is 2.88. The summed E-state index contributed by atoms with van der Waals surface area (Å²) in [7, 11) is 0. The molecule has 1 aromatic heterocycles. The van der Waals surface area contributed by atoms with Gasteiger partial charge in [0.25, 0.3) is 0 Å². The molecule has 8 heteroatoms. The molecule has 184 valence electrons. The van der Waals surface area contributed by atoms with Gasteiger partial charge in [0.2, 0.25) is 5.91 Å². The second kappa shape index (κ2) is 11.8. The van der Waals surface area contributed by atoms with Gasteiger partial charge in [-0.1, -0.05) is 66.7 Å². The zero-order valence-corrected chi connectivity index (χ0v) is 19.9. The highest BCUT2D eigenvalue weighted by Crippen LogP contribution is 2.17. The number of nitrogens with one attached hydrogen (secondary N) is 2. The highest BCUT2D eigenvalue weighted by atomic mass is 19.1. The van der Waals surface area contributed by atoms with Crippen molar-refractivity contribution in [1.29, 1.82) is 0 Å².